The lowest BCUT2D eigenvalue weighted by atomic mass is 10.0. The van der Waals surface area contributed by atoms with Crippen molar-refractivity contribution in [1.29, 1.82) is 0 Å². The number of carbonyl (C=O) groups excluding carboxylic acids is 1. The third-order valence-electron chi connectivity index (χ3n) is 4.58. The lowest BCUT2D eigenvalue weighted by molar-refractivity contribution is -0.132. The summed E-state index contributed by atoms with van der Waals surface area (Å²) in [5, 5.41) is 3.38. The average molecular weight is 274 g/mol. The number of rotatable bonds is 3. The summed E-state index contributed by atoms with van der Waals surface area (Å²) in [6, 6.07) is 5.95. The van der Waals surface area contributed by atoms with E-state index in [0.29, 0.717) is 11.8 Å². The molecule has 0 aliphatic carbocycles. The van der Waals surface area contributed by atoms with E-state index in [-0.39, 0.29) is 12.5 Å². The number of aryl methyl sites for hydroxylation is 2. The van der Waals surface area contributed by atoms with Crippen molar-refractivity contribution in [2.45, 2.75) is 13.8 Å². The minimum Gasteiger partial charge on any atom is -0.484 e. The van der Waals surface area contributed by atoms with Gasteiger partial charge in [0.1, 0.15) is 5.75 Å². The highest BCUT2D eigenvalue weighted by Crippen LogP contribution is 2.26. The van der Waals surface area contributed by atoms with Gasteiger partial charge < -0.3 is 15.0 Å². The summed E-state index contributed by atoms with van der Waals surface area (Å²) >= 11 is 0. The number of amides is 1. The molecule has 4 heteroatoms. The Morgan fingerprint density at radius 3 is 2.60 bits per heavy atom. The van der Waals surface area contributed by atoms with E-state index in [4.69, 9.17) is 4.74 Å². The highest BCUT2D eigenvalue weighted by Gasteiger charge is 2.37. The molecule has 0 unspecified atom stereocenters. The molecule has 2 aliphatic heterocycles. The highest BCUT2D eigenvalue weighted by molar-refractivity contribution is 5.78. The quantitative estimate of drug-likeness (QED) is 0.905. The number of benzene rings is 1. The number of likely N-dealkylation sites (tertiary alicyclic amines) is 1. The van der Waals surface area contributed by atoms with Crippen LogP contribution in [0.1, 0.15) is 11.1 Å². The third-order valence-corrected chi connectivity index (χ3v) is 4.58. The maximum atomic E-state index is 12.2. The molecular formula is C16H22N2O2. The molecule has 20 heavy (non-hydrogen) atoms. The van der Waals surface area contributed by atoms with Crippen LogP contribution >= 0.6 is 0 Å². The van der Waals surface area contributed by atoms with Gasteiger partial charge in [-0.15, -0.1) is 0 Å². The van der Waals surface area contributed by atoms with Gasteiger partial charge in [0.25, 0.3) is 5.91 Å². The molecule has 0 bridgehead atoms. The Hall–Kier alpha value is -1.55. The number of hydrogen-bond donors (Lipinski definition) is 1. The molecule has 3 rings (SSSR count). The fraction of sp³-hybridized carbons (Fsp3) is 0.562. The van der Waals surface area contributed by atoms with Crippen molar-refractivity contribution >= 4 is 5.91 Å². The van der Waals surface area contributed by atoms with Crippen molar-refractivity contribution in [3.05, 3.63) is 29.3 Å². The molecule has 2 fully saturated rings. The molecule has 0 saturated carbocycles. The Kier molecular flexibility index (Phi) is 3.66. The second-order valence-corrected chi connectivity index (χ2v) is 6.01. The van der Waals surface area contributed by atoms with E-state index in [2.05, 4.69) is 19.2 Å². The van der Waals surface area contributed by atoms with Crippen molar-refractivity contribution in [3.8, 4) is 5.75 Å². The molecule has 1 N–H and O–H groups in total. The van der Waals surface area contributed by atoms with Gasteiger partial charge in [0.15, 0.2) is 6.61 Å². The van der Waals surface area contributed by atoms with Crippen LogP contribution in [0.5, 0.6) is 5.75 Å². The summed E-state index contributed by atoms with van der Waals surface area (Å²) in [5.74, 6) is 2.17. The Bertz CT molecular complexity index is 503. The van der Waals surface area contributed by atoms with E-state index in [9.17, 15) is 4.79 Å². The summed E-state index contributed by atoms with van der Waals surface area (Å²) < 4.78 is 5.63. The number of ether oxygens (including phenoxy) is 1. The number of nitrogens with one attached hydrogen (secondary N) is 1. The Morgan fingerprint density at radius 1 is 1.25 bits per heavy atom. The second kappa shape index (κ2) is 5.44. The smallest absolute Gasteiger partial charge is 0.260 e. The second-order valence-electron chi connectivity index (χ2n) is 6.01. The molecule has 2 aliphatic rings. The van der Waals surface area contributed by atoms with Crippen LogP contribution in [-0.2, 0) is 4.79 Å². The first-order valence-corrected chi connectivity index (χ1v) is 7.32. The predicted molar refractivity (Wildman–Crippen MR) is 77.8 cm³/mol. The van der Waals surface area contributed by atoms with Crippen LogP contribution in [0.4, 0.5) is 0 Å². The molecule has 1 amide bonds. The first-order chi connectivity index (χ1) is 9.63. The molecule has 108 valence electrons. The van der Waals surface area contributed by atoms with Crippen molar-refractivity contribution in [1.82, 2.24) is 10.2 Å². The Morgan fingerprint density at radius 2 is 1.95 bits per heavy atom. The number of hydrogen-bond acceptors (Lipinski definition) is 3. The normalized spacial score (nSPS) is 24.8. The van der Waals surface area contributed by atoms with E-state index in [0.717, 1.165) is 31.9 Å². The van der Waals surface area contributed by atoms with Crippen LogP contribution in [-0.4, -0.2) is 43.6 Å². The number of nitrogens with zero attached hydrogens (tertiary/aromatic N) is 1. The molecule has 0 spiro atoms. The Labute approximate surface area is 120 Å². The van der Waals surface area contributed by atoms with Gasteiger partial charge in [-0.1, -0.05) is 6.07 Å². The monoisotopic (exact) mass is 274 g/mol. The summed E-state index contributed by atoms with van der Waals surface area (Å²) in [6.45, 7) is 8.13. The van der Waals surface area contributed by atoms with Gasteiger partial charge in [-0.3, -0.25) is 4.79 Å². The summed E-state index contributed by atoms with van der Waals surface area (Å²) in [7, 11) is 0. The van der Waals surface area contributed by atoms with Crippen LogP contribution in [0.2, 0.25) is 0 Å². The van der Waals surface area contributed by atoms with E-state index in [1.807, 2.05) is 23.1 Å². The summed E-state index contributed by atoms with van der Waals surface area (Å²) in [5.41, 5.74) is 2.43. The maximum absolute atomic E-state index is 12.2. The topological polar surface area (TPSA) is 41.6 Å². The van der Waals surface area contributed by atoms with Crippen LogP contribution in [0, 0.1) is 25.7 Å². The van der Waals surface area contributed by atoms with Gasteiger partial charge in [0, 0.05) is 26.2 Å². The van der Waals surface area contributed by atoms with Gasteiger partial charge >= 0.3 is 0 Å². The molecule has 2 saturated heterocycles. The minimum absolute atomic E-state index is 0.109. The molecule has 2 atom stereocenters. The van der Waals surface area contributed by atoms with Gasteiger partial charge in [-0.25, -0.2) is 0 Å². The van der Waals surface area contributed by atoms with Crippen molar-refractivity contribution in [2.75, 3.05) is 32.8 Å². The zero-order chi connectivity index (χ0) is 14.1. The molecule has 4 nitrogen and oxygen atoms in total. The van der Waals surface area contributed by atoms with E-state index >= 15 is 0 Å². The zero-order valence-corrected chi connectivity index (χ0v) is 12.2. The molecule has 0 aromatic heterocycles. The van der Waals surface area contributed by atoms with Gasteiger partial charge in [-0.05, 0) is 48.9 Å². The largest absolute Gasteiger partial charge is 0.484 e. The van der Waals surface area contributed by atoms with Gasteiger partial charge in [0.05, 0.1) is 0 Å². The maximum Gasteiger partial charge on any atom is 0.260 e. The fourth-order valence-electron chi connectivity index (χ4n) is 3.10. The standard InChI is InChI=1S/C16H22N2O2/c1-11-3-4-15(5-12(11)2)20-10-16(19)18-8-13-6-17-7-14(13)9-18/h3-5,13-14,17H,6-10H2,1-2H3/t13-,14+. The van der Waals surface area contributed by atoms with Gasteiger partial charge in [0.2, 0.25) is 0 Å². The molecule has 1 aromatic carbocycles. The average Bonchev–Trinajstić information content (AvgIpc) is 3.00. The van der Waals surface area contributed by atoms with Crippen LogP contribution < -0.4 is 10.1 Å². The fourth-order valence-corrected chi connectivity index (χ4v) is 3.10. The van der Waals surface area contributed by atoms with Crippen LogP contribution in [0.25, 0.3) is 0 Å². The SMILES string of the molecule is Cc1ccc(OCC(=O)N2C[C@H]3CNC[C@H]3C2)cc1C. The highest BCUT2D eigenvalue weighted by atomic mass is 16.5. The summed E-state index contributed by atoms with van der Waals surface area (Å²) in [4.78, 5) is 14.1. The van der Waals surface area contributed by atoms with E-state index in [1.165, 1.54) is 11.1 Å². The van der Waals surface area contributed by atoms with Gasteiger partial charge in [-0.2, -0.15) is 0 Å². The first-order valence-electron chi connectivity index (χ1n) is 7.32. The third kappa shape index (κ3) is 2.66. The first kappa shape index (κ1) is 13.4. The zero-order valence-electron chi connectivity index (χ0n) is 12.2. The number of carbonyl (C=O) groups is 1. The van der Waals surface area contributed by atoms with E-state index < -0.39 is 0 Å². The van der Waals surface area contributed by atoms with Crippen LogP contribution in [0.3, 0.4) is 0 Å². The lowest BCUT2D eigenvalue weighted by Crippen LogP contribution is -2.35. The van der Waals surface area contributed by atoms with E-state index in [1.54, 1.807) is 0 Å². The summed E-state index contributed by atoms with van der Waals surface area (Å²) in [6.07, 6.45) is 0. The van der Waals surface area contributed by atoms with Crippen molar-refractivity contribution in [3.63, 3.8) is 0 Å². The number of fused-ring (bicyclic) bond motifs is 1. The minimum atomic E-state index is 0.109. The molecule has 1 aromatic rings. The van der Waals surface area contributed by atoms with Crippen molar-refractivity contribution in [2.24, 2.45) is 11.8 Å². The Balaban J connectivity index is 1.53. The molecular weight excluding hydrogens is 252 g/mol. The predicted octanol–water partition coefficient (Wildman–Crippen LogP) is 1.36. The van der Waals surface area contributed by atoms with Crippen LogP contribution in [0.15, 0.2) is 18.2 Å². The molecule has 0 radical (unpaired) electrons. The van der Waals surface area contributed by atoms with Crippen molar-refractivity contribution < 1.29 is 9.53 Å². The molecule has 2 heterocycles. The lowest BCUT2D eigenvalue weighted by Gasteiger charge is -2.18.